The van der Waals surface area contributed by atoms with Crippen molar-refractivity contribution in [1.29, 1.82) is 0 Å². The largest absolute Gasteiger partial charge is 0.423 e. The Morgan fingerprint density at radius 3 is 2.42 bits per heavy atom. The van der Waals surface area contributed by atoms with Gasteiger partial charge in [-0.1, -0.05) is 41.1 Å². The van der Waals surface area contributed by atoms with Gasteiger partial charge in [-0.3, -0.25) is 0 Å². The molecule has 98 valence electrons. The van der Waals surface area contributed by atoms with E-state index in [1.807, 2.05) is 37.3 Å². The van der Waals surface area contributed by atoms with Crippen molar-refractivity contribution in [1.82, 2.24) is 0 Å². The first-order chi connectivity index (χ1) is 9.10. The minimum atomic E-state index is -0.343. The highest BCUT2D eigenvalue weighted by Gasteiger charge is 2.09. The summed E-state index contributed by atoms with van der Waals surface area (Å²) in [6, 6.07) is 13.0. The van der Waals surface area contributed by atoms with Crippen LogP contribution in [0.4, 0.5) is 0 Å². The van der Waals surface area contributed by atoms with E-state index in [9.17, 15) is 4.79 Å². The van der Waals surface area contributed by atoms with Crippen LogP contribution >= 0.6 is 15.9 Å². The molecule has 0 aliphatic rings. The first kappa shape index (κ1) is 13.8. The van der Waals surface area contributed by atoms with E-state index in [0.29, 0.717) is 11.3 Å². The molecule has 0 saturated heterocycles. The molecule has 19 heavy (non-hydrogen) atoms. The van der Waals surface area contributed by atoms with E-state index in [1.54, 1.807) is 12.1 Å². The summed E-state index contributed by atoms with van der Waals surface area (Å²) in [5.74, 6) is 0.226. The van der Waals surface area contributed by atoms with Gasteiger partial charge in [0, 0.05) is 4.47 Å². The molecular formula is C16H15BrO2. The lowest BCUT2D eigenvalue weighted by Crippen LogP contribution is -2.08. The molecule has 0 aliphatic carbocycles. The average Bonchev–Trinajstić information content (AvgIpc) is 2.42. The van der Waals surface area contributed by atoms with E-state index in [1.165, 1.54) is 5.56 Å². The van der Waals surface area contributed by atoms with Crippen LogP contribution in [0.5, 0.6) is 5.75 Å². The molecule has 0 aromatic heterocycles. The number of ether oxygens (including phenoxy) is 1. The lowest BCUT2D eigenvalue weighted by Gasteiger charge is -2.06. The molecule has 0 amide bonds. The maximum absolute atomic E-state index is 12.0. The third-order valence-corrected chi connectivity index (χ3v) is 3.80. The molecule has 2 nitrogen and oxygen atoms in total. The summed E-state index contributed by atoms with van der Waals surface area (Å²) in [5.41, 5.74) is 2.85. The summed E-state index contributed by atoms with van der Waals surface area (Å²) in [5, 5.41) is 0. The van der Waals surface area contributed by atoms with E-state index < -0.39 is 0 Å². The Bertz CT molecular complexity index is 588. The number of carbonyl (C=O) groups is 1. The van der Waals surface area contributed by atoms with Gasteiger partial charge in [0.25, 0.3) is 0 Å². The van der Waals surface area contributed by atoms with Gasteiger partial charge in [0.1, 0.15) is 5.75 Å². The highest BCUT2D eigenvalue weighted by Crippen LogP contribution is 2.19. The van der Waals surface area contributed by atoms with Gasteiger partial charge in [0.15, 0.2) is 0 Å². The SMILES string of the molecule is CCc1ccc(OC(=O)c2ccc(C)c(Br)c2)cc1. The summed E-state index contributed by atoms with van der Waals surface area (Å²) in [6.45, 7) is 4.06. The van der Waals surface area contributed by atoms with Gasteiger partial charge >= 0.3 is 5.97 Å². The number of hydrogen-bond acceptors (Lipinski definition) is 2. The zero-order valence-electron chi connectivity index (χ0n) is 10.9. The number of aryl methyl sites for hydroxylation is 2. The summed E-state index contributed by atoms with van der Waals surface area (Å²) >= 11 is 3.41. The average molecular weight is 319 g/mol. The van der Waals surface area contributed by atoms with Gasteiger partial charge in [-0.15, -0.1) is 0 Å². The van der Waals surface area contributed by atoms with E-state index in [-0.39, 0.29) is 5.97 Å². The summed E-state index contributed by atoms with van der Waals surface area (Å²) in [7, 11) is 0. The molecule has 0 atom stereocenters. The fourth-order valence-corrected chi connectivity index (χ4v) is 2.06. The van der Waals surface area contributed by atoms with Gasteiger partial charge in [-0.2, -0.15) is 0 Å². The molecule has 0 spiro atoms. The quantitative estimate of drug-likeness (QED) is 0.613. The van der Waals surface area contributed by atoms with Crippen LogP contribution < -0.4 is 4.74 Å². The van der Waals surface area contributed by atoms with Crippen LogP contribution in [-0.2, 0) is 6.42 Å². The van der Waals surface area contributed by atoms with Crippen LogP contribution in [0.25, 0.3) is 0 Å². The van der Waals surface area contributed by atoms with Crippen LogP contribution in [0.3, 0.4) is 0 Å². The molecule has 2 aromatic rings. The predicted molar refractivity (Wildman–Crippen MR) is 79.7 cm³/mol. The highest BCUT2D eigenvalue weighted by atomic mass is 79.9. The molecule has 3 heteroatoms. The zero-order chi connectivity index (χ0) is 13.8. The topological polar surface area (TPSA) is 26.3 Å². The minimum absolute atomic E-state index is 0.343. The van der Waals surface area contributed by atoms with Gasteiger partial charge in [-0.25, -0.2) is 4.79 Å². The Morgan fingerprint density at radius 2 is 1.84 bits per heavy atom. The first-order valence-electron chi connectivity index (χ1n) is 6.17. The van der Waals surface area contributed by atoms with Gasteiger partial charge in [0.05, 0.1) is 5.56 Å². The lowest BCUT2D eigenvalue weighted by atomic mass is 10.1. The number of carbonyl (C=O) groups excluding carboxylic acids is 1. The zero-order valence-corrected chi connectivity index (χ0v) is 12.5. The maximum Gasteiger partial charge on any atom is 0.343 e. The number of esters is 1. The van der Waals surface area contributed by atoms with Crippen LogP contribution in [0, 0.1) is 6.92 Å². The Labute approximate surface area is 121 Å². The number of halogens is 1. The molecule has 0 radical (unpaired) electrons. The summed E-state index contributed by atoms with van der Waals surface area (Å²) in [4.78, 5) is 12.0. The fourth-order valence-electron chi connectivity index (χ4n) is 1.68. The van der Waals surface area contributed by atoms with Crippen molar-refractivity contribution >= 4 is 21.9 Å². The van der Waals surface area contributed by atoms with E-state index in [0.717, 1.165) is 16.5 Å². The second-order valence-electron chi connectivity index (χ2n) is 4.35. The van der Waals surface area contributed by atoms with Gasteiger partial charge < -0.3 is 4.74 Å². The minimum Gasteiger partial charge on any atom is -0.423 e. The van der Waals surface area contributed by atoms with E-state index in [4.69, 9.17) is 4.74 Å². The van der Waals surface area contributed by atoms with E-state index in [2.05, 4.69) is 22.9 Å². The second kappa shape index (κ2) is 6.02. The Morgan fingerprint density at radius 1 is 1.16 bits per heavy atom. The van der Waals surface area contributed by atoms with Gasteiger partial charge in [-0.05, 0) is 48.7 Å². The molecule has 2 aromatic carbocycles. The summed E-state index contributed by atoms with van der Waals surface area (Å²) < 4.78 is 6.24. The van der Waals surface area contributed by atoms with Crippen molar-refractivity contribution in [2.24, 2.45) is 0 Å². The van der Waals surface area contributed by atoms with Crippen molar-refractivity contribution in [3.05, 3.63) is 63.6 Å². The Kier molecular flexibility index (Phi) is 4.38. The maximum atomic E-state index is 12.0. The lowest BCUT2D eigenvalue weighted by molar-refractivity contribution is 0.0734. The smallest absolute Gasteiger partial charge is 0.343 e. The number of rotatable bonds is 3. The van der Waals surface area contributed by atoms with Crippen LogP contribution in [0.2, 0.25) is 0 Å². The molecule has 0 bridgehead atoms. The van der Waals surface area contributed by atoms with E-state index >= 15 is 0 Å². The number of benzene rings is 2. The van der Waals surface area contributed by atoms with Crippen LogP contribution in [0.1, 0.15) is 28.4 Å². The van der Waals surface area contributed by atoms with Crippen LogP contribution in [0.15, 0.2) is 46.9 Å². The molecule has 2 rings (SSSR count). The van der Waals surface area contributed by atoms with Crippen LogP contribution in [-0.4, -0.2) is 5.97 Å². The van der Waals surface area contributed by atoms with Crippen molar-refractivity contribution in [3.8, 4) is 5.75 Å². The van der Waals surface area contributed by atoms with Gasteiger partial charge in [0.2, 0.25) is 0 Å². The van der Waals surface area contributed by atoms with Crippen molar-refractivity contribution < 1.29 is 9.53 Å². The molecular weight excluding hydrogens is 304 g/mol. The molecule has 0 saturated carbocycles. The third kappa shape index (κ3) is 3.44. The first-order valence-corrected chi connectivity index (χ1v) is 6.96. The standard InChI is InChI=1S/C16H15BrO2/c1-3-12-5-8-14(9-6-12)19-16(18)13-7-4-11(2)15(17)10-13/h4-10H,3H2,1-2H3. The van der Waals surface area contributed by atoms with Crippen molar-refractivity contribution in [2.45, 2.75) is 20.3 Å². The number of hydrogen-bond donors (Lipinski definition) is 0. The Hall–Kier alpha value is -1.61. The molecule has 0 unspecified atom stereocenters. The highest BCUT2D eigenvalue weighted by molar-refractivity contribution is 9.10. The molecule has 0 aliphatic heterocycles. The molecule has 0 heterocycles. The Balaban J connectivity index is 2.13. The third-order valence-electron chi connectivity index (χ3n) is 2.95. The molecule has 0 fully saturated rings. The van der Waals surface area contributed by atoms with Crippen molar-refractivity contribution in [3.63, 3.8) is 0 Å². The normalized spacial score (nSPS) is 10.3. The predicted octanol–water partition coefficient (Wildman–Crippen LogP) is 4.54. The van der Waals surface area contributed by atoms with Crippen molar-refractivity contribution in [2.75, 3.05) is 0 Å². The summed E-state index contributed by atoms with van der Waals surface area (Å²) in [6.07, 6.45) is 0.971. The molecule has 0 N–H and O–H groups in total. The second-order valence-corrected chi connectivity index (χ2v) is 5.21. The monoisotopic (exact) mass is 318 g/mol. The fraction of sp³-hybridized carbons (Fsp3) is 0.188.